The van der Waals surface area contributed by atoms with E-state index in [0.29, 0.717) is 0 Å². The van der Waals surface area contributed by atoms with Gasteiger partial charge in [0.1, 0.15) is 0 Å². The number of thioether (sulfide) groups is 1. The Morgan fingerprint density at radius 1 is 1.23 bits per heavy atom. The highest BCUT2D eigenvalue weighted by Crippen LogP contribution is 2.10. The van der Waals surface area contributed by atoms with Crippen LogP contribution in [-0.4, -0.2) is 41.3 Å². The number of benzene rings is 1. The van der Waals surface area contributed by atoms with Crippen LogP contribution in [0.2, 0.25) is 0 Å². The Morgan fingerprint density at radius 3 is 2.73 bits per heavy atom. The van der Waals surface area contributed by atoms with Crippen LogP contribution in [0.4, 0.5) is 0 Å². The Bertz CT molecular complexity index is 580. The fourth-order valence-corrected chi connectivity index (χ4v) is 2.43. The van der Waals surface area contributed by atoms with Gasteiger partial charge in [0.2, 0.25) is 0 Å². The van der Waals surface area contributed by atoms with Crippen LogP contribution in [0.15, 0.2) is 47.7 Å². The van der Waals surface area contributed by atoms with Gasteiger partial charge in [0.05, 0.1) is 6.54 Å². The highest BCUT2D eigenvalue weighted by molar-refractivity contribution is 7.98. The van der Waals surface area contributed by atoms with Crippen molar-refractivity contribution in [2.45, 2.75) is 13.1 Å². The maximum Gasteiger partial charge on any atom is 0.191 e. The van der Waals surface area contributed by atoms with E-state index in [-0.39, 0.29) is 0 Å². The van der Waals surface area contributed by atoms with E-state index in [1.54, 1.807) is 13.2 Å². The summed E-state index contributed by atoms with van der Waals surface area (Å²) in [6.07, 6.45) is 5.88. The Morgan fingerprint density at radius 2 is 2.05 bits per heavy atom. The van der Waals surface area contributed by atoms with Crippen molar-refractivity contribution >= 4 is 17.7 Å². The molecular formula is C16H23N5S. The van der Waals surface area contributed by atoms with Gasteiger partial charge in [-0.2, -0.15) is 16.9 Å². The normalized spacial score (nSPS) is 11.5. The van der Waals surface area contributed by atoms with E-state index in [0.717, 1.165) is 31.3 Å². The van der Waals surface area contributed by atoms with Gasteiger partial charge >= 0.3 is 0 Å². The first-order valence-corrected chi connectivity index (χ1v) is 8.70. The Labute approximate surface area is 136 Å². The lowest BCUT2D eigenvalue weighted by Gasteiger charge is -2.14. The van der Waals surface area contributed by atoms with E-state index < -0.39 is 0 Å². The minimum atomic E-state index is 0.746. The molecule has 0 radical (unpaired) electrons. The molecule has 22 heavy (non-hydrogen) atoms. The molecule has 118 valence electrons. The summed E-state index contributed by atoms with van der Waals surface area (Å²) in [6, 6.07) is 10.4. The molecule has 0 unspecified atom stereocenters. The Balaban J connectivity index is 1.94. The molecule has 0 atom stereocenters. The van der Waals surface area contributed by atoms with Crippen LogP contribution in [0.25, 0.3) is 0 Å². The second-order valence-electron chi connectivity index (χ2n) is 4.82. The van der Waals surface area contributed by atoms with Crippen LogP contribution in [-0.2, 0) is 13.1 Å². The first-order chi connectivity index (χ1) is 10.8. The second kappa shape index (κ2) is 9.15. The average molecular weight is 317 g/mol. The maximum atomic E-state index is 4.27. The third-order valence-electron chi connectivity index (χ3n) is 3.28. The minimum absolute atomic E-state index is 0.746. The molecule has 0 amide bonds. The van der Waals surface area contributed by atoms with Gasteiger partial charge in [-0.3, -0.25) is 9.67 Å². The van der Waals surface area contributed by atoms with Crippen molar-refractivity contribution in [2.24, 2.45) is 4.99 Å². The highest BCUT2D eigenvalue weighted by atomic mass is 32.2. The molecule has 0 aliphatic carbocycles. The van der Waals surface area contributed by atoms with Crippen LogP contribution in [0.3, 0.4) is 0 Å². The molecule has 0 bridgehead atoms. The minimum Gasteiger partial charge on any atom is -0.356 e. The van der Waals surface area contributed by atoms with Crippen molar-refractivity contribution in [3.05, 3.63) is 53.9 Å². The van der Waals surface area contributed by atoms with Crippen LogP contribution < -0.4 is 10.6 Å². The van der Waals surface area contributed by atoms with Gasteiger partial charge in [-0.05, 0) is 23.4 Å². The SMILES string of the molecule is CN=C(NCCSC)NCc1ccccc1Cn1cccn1. The molecule has 0 saturated heterocycles. The first kappa shape index (κ1) is 16.4. The second-order valence-corrected chi connectivity index (χ2v) is 5.80. The topological polar surface area (TPSA) is 54.2 Å². The van der Waals surface area contributed by atoms with E-state index >= 15 is 0 Å². The number of hydrogen-bond donors (Lipinski definition) is 2. The maximum absolute atomic E-state index is 4.27. The summed E-state index contributed by atoms with van der Waals surface area (Å²) in [7, 11) is 1.80. The van der Waals surface area contributed by atoms with Crippen LogP contribution in [0.1, 0.15) is 11.1 Å². The van der Waals surface area contributed by atoms with Gasteiger partial charge in [0.15, 0.2) is 5.96 Å². The van der Waals surface area contributed by atoms with E-state index in [4.69, 9.17) is 0 Å². The fraction of sp³-hybridized carbons (Fsp3) is 0.375. The summed E-state index contributed by atoms with van der Waals surface area (Å²) in [4.78, 5) is 4.25. The lowest BCUT2D eigenvalue weighted by molar-refractivity contribution is 0.678. The van der Waals surface area contributed by atoms with Crippen LogP contribution >= 0.6 is 11.8 Å². The zero-order valence-electron chi connectivity index (χ0n) is 13.1. The van der Waals surface area contributed by atoms with Crippen molar-refractivity contribution in [1.29, 1.82) is 0 Å². The summed E-state index contributed by atoms with van der Waals surface area (Å²) in [5.74, 6) is 1.90. The lowest BCUT2D eigenvalue weighted by Crippen LogP contribution is -2.38. The summed E-state index contributed by atoms with van der Waals surface area (Å²) in [6.45, 7) is 2.44. The molecule has 2 aromatic rings. The average Bonchev–Trinajstić information content (AvgIpc) is 3.05. The molecule has 0 aliphatic heterocycles. The van der Waals surface area contributed by atoms with Gasteiger partial charge in [-0.15, -0.1) is 0 Å². The summed E-state index contributed by atoms with van der Waals surface area (Å²) in [5, 5.41) is 10.9. The Kier molecular flexibility index (Phi) is 6.83. The molecule has 0 fully saturated rings. The molecule has 2 N–H and O–H groups in total. The van der Waals surface area contributed by atoms with Crippen molar-refractivity contribution in [3.8, 4) is 0 Å². The molecule has 1 aromatic heterocycles. The predicted molar refractivity (Wildman–Crippen MR) is 94.4 cm³/mol. The molecule has 1 aromatic carbocycles. The number of aromatic nitrogens is 2. The van der Waals surface area contributed by atoms with Crippen molar-refractivity contribution in [1.82, 2.24) is 20.4 Å². The van der Waals surface area contributed by atoms with E-state index in [1.165, 1.54) is 11.1 Å². The third kappa shape index (κ3) is 5.11. The molecule has 0 spiro atoms. The van der Waals surface area contributed by atoms with Crippen LogP contribution in [0.5, 0.6) is 0 Å². The number of aliphatic imine (C=N–C) groups is 1. The van der Waals surface area contributed by atoms with Gasteiger partial charge in [0.25, 0.3) is 0 Å². The quantitative estimate of drug-likeness (QED) is 0.466. The van der Waals surface area contributed by atoms with Crippen LogP contribution in [0, 0.1) is 0 Å². The number of nitrogens with one attached hydrogen (secondary N) is 2. The molecule has 2 rings (SSSR count). The molecule has 5 nitrogen and oxygen atoms in total. The predicted octanol–water partition coefficient (Wildman–Crippen LogP) is 1.96. The fourth-order valence-electron chi connectivity index (χ4n) is 2.12. The van der Waals surface area contributed by atoms with Gasteiger partial charge in [-0.1, -0.05) is 24.3 Å². The van der Waals surface area contributed by atoms with Crippen molar-refractivity contribution < 1.29 is 0 Å². The summed E-state index contributed by atoms with van der Waals surface area (Å²) >= 11 is 1.82. The third-order valence-corrected chi connectivity index (χ3v) is 3.89. The largest absolute Gasteiger partial charge is 0.356 e. The standard InChI is InChI=1S/C16H23N5S/c1-17-16(18-9-11-22-2)19-12-14-6-3-4-7-15(14)13-21-10-5-8-20-21/h3-8,10H,9,11-13H2,1-2H3,(H2,17,18,19). The number of guanidine groups is 1. The molecule has 0 saturated carbocycles. The Hall–Kier alpha value is -1.95. The number of nitrogens with zero attached hydrogens (tertiary/aromatic N) is 3. The van der Waals surface area contributed by atoms with Gasteiger partial charge in [0, 0.05) is 38.3 Å². The zero-order chi connectivity index (χ0) is 15.6. The number of hydrogen-bond acceptors (Lipinski definition) is 3. The molecule has 0 aliphatic rings. The summed E-state index contributed by atoms with van der Waals surface area (Å²) < 4.78 is 1.93. The number of rotatable bonds is 7. The smallest absolute Gasteiger partial charge is 0.191 e. The van der Waals surface area contributed by atoms with E-state index in [1.807, 2.05) is 28.7 Å². The molecular weight excluding hydrogens is 294 g/mol. The van der Waals surface area contributed by atoms with Gasteiger partial charge < -0.3 is 10.6 Å². The van der Waals surface area contributed by atoms with Gasteiger partial charge in [-0.25, -0.2) is 0 Å². The highest BCUT2D eigenvalue weighted by Gasteiger charge is 2.04. The lowest BCUT2D eigenvalue weighted by atomic mass is 10.1. The summed E-state index contributed by atoms with van der Waals surface area (Å²) in [5.41, 5.74) is 2.52. The van der Waals surface area contributed by atoms with Crippen molar-refractivity contribution in [3.63, 3.8) is 0 Å². The monoisotopic (exact) mass is 317 g/mol. The molecule has 1 heterocycles. The van der Waals surface area contributed by atoms with E-state index in [2.05, 4.69) is 51.2 Å². The van der Waals surface area contributed by atoms with E-state index in [9.17, 15) is 0 Å². The zero-order valence-corrected chi connectivity index (χ0v) is 13.9. The molecule has 6 heteroatoms. The van der Waals surface area contributed by atoms with Crippen molar-refractivity contribution in [2.75, 3.05) is 25.6 Å². The first-order valence-electron chi connectivity index (χ1n) is 7.31.